The summed E-state index contributed by atoms with van der Waals surface area (Å²) in [6.45, 7) is 11.9. The molecular formula is C80H156O17P2. The van der Waals surface area contributed by atoms with Gasteiger partial charge in [-0.1, -0.05) is 363 Å². The van der Waals surface area contributed by atoms with E-state index in [0.29, 0.717) is 25.7 Å². The number of phosphoric acid groups is 2. The quantitative estimate of drug-likeness (QED) is 0.0222. The van der Waals surface area contributed by atoms with Crippen LogP contribution in [0.3, 0.4) is 0 Å². The largest absolute Gasteiger partial charge is 0.472 e. The molecule has 0 fully saturated rings. The lowest BCUT2D eigenvalue weighted by molar-refractivity contribution is -0.161. The molecule has 99 heavy (non-hydrogen) atoms. The Hall–Kier alpha value is -1.94. The third kappa shape index (κ3) is 72.8. The second-order valence-corrected chi connectivity index (χ2v) is 32.9. The highest BCUT2D eigenvalue weighted by Gasteiger charge is 2.30. The Morgan fingerprint density at radius 1 is 0.293 bits per heavy atom. The van der Waals surface area contributed by atoms with Gasteiger partial charge in [-0.25, -0.2) is 9.13 Å². The first-order chi connectivity index (χ1) is 47.8. The Balaban J connectivity index is 5.25. The zero-order chi connectivity index (χ0) is 73.0. The minimum absolute atomic E-state index is 0.107. The molecule has 0 aromatic rings. The number of ether oxygens (including phenoxy) is 4. The first-order valence-electron chi connectivity index (χ1n) is 41.4. The SMILES string of the molecule is CCCCCCCCCCCCCCCCCC(=O)O[C@H](COC(=O)CCCCCCCCC(C)CC)COP(=O)(O)OC[C@H](O)COP(=O)(O)OC[C@@H](COC(=O)CCCCCCCCCCCCCCCCC(C)C)OC(=O)CCCCCCCCCCCCCCCCC(C)C. The van der Waals surface area contributed by atoms with Crippen molar-refractivity contribution < 1.29 is 80.2 Å². The van der Waals surface area contributed by atoms with Gasteiger partial charge in [0.25, 0.3) is 0 Å². The van der Waals surface area contributed by atoms with Gasteiger partial charge in [-0.15, -0.1) is 0 Å². The fourth-order valence-corrected chi connectivity index (χ4v) is 13.9. The first-order valence-corrected chi connectivity index (χ1v) is 44.4. The molecule has 3 N–H and O–H groups in total. The maximum atomic E-state index is 13.1. The van der Waals surface area contributed by atoms with E-state index in [1.165, 1.54) is 218 Å². The average molecular weight is 1450 g/mol. The van der Waals surface area contributed by atoms with Crippen molar-refractivity contribution in [3.63, 3.8) is 0 Å². The molecule has 19 heteroatoms. The molecule has 3 unspecified atom stereocenters. The topological polar surface area (TPSA) is 237 Å². The zero-order valence-electron chi connectivity index (χ0n) is 65.0. The summed E-state index contributed by atoms with van der Waals surface area (Å²) in [5.74, 6) is 0.213. The van der Waals surface area contributed by atoms with E-state index in [-0.39, 0.29) is 25.7 Å². The van der Waals surface area contributed by atoms with Crippen molar-refractivity contribution in [3.05, 3.63) is 0 Å². The van der Waals surface area contributed by atoms with E-state index in [1.54, 1.807) is 0 Å². The van der Waals surface area contributed by atoms with Crippen molar-refractivity contribution in [2.45, 2.75) is 433 Å². The monoisotopic (exact) mass is 1450 g/mol. The van der Waals surface area contributed by atoms with Crippen LogP contribution in [0.5, 0.6) is 0 Å². The number of hydrogen-bond acceptors (Lipinski definition) is 15. The van der Waals surface area contributed by atoms with E-state index < -0.39 is 97.5 Å². The third-order valence-electron chi connectivity index (χ3n) is 19.0. The van der Waals surface area contributed by atoms with Crippen LogP contribution in [-0.4, -0.2) is 96.7 Å². The molecule has 0 aromatic heterocycles. The first kappa shape index (κ1) is 97.1. The lowest BCUT2D eigenvalue weighted by Gasteiger charge is -2.21. The zero-order valence-corrected chi connectivity index (χ0v) is 66.8. The molecule has 17 nitrogen and oxygen atoms in total. The van der Waals surface area contributed by atoms with Crippen LogP contribution in [0.1, 0.15) is 414 Å². The predicted octanol–water partition coefficient (Wildman–Crippen LogP) is 23.7. The normalized spacial score (nSPS) is 14.3. The number of carbonyl (C=O) groups is 4. The van der Waals surface area contributed by atoms with E-state index in [4.69, 9.17) is 37.0 Å². The number of esters is 4. The van der Waals surface area contributed by atoms with Crippen LogP contribution in [-0.2, 0) is 65.4 Å². The number of unbranched alkanes of at least 4 members (excludes halogenated alkanes) is 45. The van der Waals surface area contributed by atoms with Crippen LogP contribution < -0.4 is 0 Å². The summed E-state index contributed by atoms with van der Waals surface area (Å²) in [6, 6.07) is 0. The van der Waals surface area contributed by atoms with Gasteiger partial charge < -0.3 is 33.8 Å². The summed E-state index contributed by atoms with van der Waals surface area (Å²) in [6.07, 6.45) is 58.2. The van der Waals surface area contributed by atoms with Crippen LogP contribution in [0.4, 0.5) is 0 Å². The van der Waals surface area contributed by atoms with Gasteiger partial charge in [0, 0.05) is 25.7 Å². The highest BCUT2D eigenvalue weighted by atomic mass is 31.2. The fourth-order valence-electron chi connectivity index (χ4n) is 12.3. The van der Waals surface area contributed by atoms with Gasteiger partial charge in [0.2, 0.25) is 0 Å². The molecule has 0 saturated heterocycles. The minimum atomic E-state index is -4.96. The standard InChI is InChI=1S/C80H156O17P2/c1-8-10-11-12-13-14-15-16-17-25-30-35-40-49-56-64-80(85)97-76(68-91-78(83)62-55-48-43-42-46-53-60-73(7)9-2)70-95-99(88,89)93-66-74(81)65-92-98(86,87)94-69-75(96-79(84)63-57-50-41-36-31-26-21-19-23-28-33-38-45-52-59-72(5)6)67-90-77(82)61-54-47-39-34-29-24-20-18-22-27-32-37-44-51-58-71(3)4/h71-76,81H,8-70H2,1-7H3,(H,86,87)(H,88,89)/t73?,74-,75-,76-/m1/s1. The highest BCUT2D eigenvalue weighted by Crippen LogP contribution is 2.45. The van der Waals surface area contributed by atoms with Gasteiger partial charge in [-0.3, -0.25) is 37.3 Å². The summed E-state index contributed by atoms with van der Waals surface area (Å²) in [5.41, 5.74) is 0. The van der Waals surface area contributed by atoms with E-state index >= 15 is 0 Å². The van der Waals surface area contributed by atoms with Gasteiger partial charge in [-0.2, -0.15) is 0 Å². The molecule has 0 rings (SSSR count). The van der Waals surface area contributed by atoms with Gasteiger partial charge >= 0.3 is 39.5 Å². The molecule has 0 amide bonds. The summed E-state index contributed by atoms with van der Waals surface area (Å²) in [7, 11) is -9.92. The van der Waals surface area contributed by atoms with Crippen molar-refractivity contribution >= 4 is 39.5 Å². The summed E-state index contributed by atoms with van der Waals surface area (Å²) in [4.78, 5) is 73.0. The number of rotatable bonds is 78. The van der Waals surface area contributed by atoms with E-state index in [9.17, 15) is 43.2 Å². The second-order valence-electron chi connectivity index (χ2n) is 30.0. The van der Waals surface area contributed by atoms with E-state index in [1.807, 2.05) is 0 Å². The summed E-state index contributed by atoms with van der Waals surface area (Å²) >= 11 is 0. The Bertz CT molecular complexity index is 1920. The predicted molar refractivity (Wildman–Crippen MR) is 405 cm³/mol. The molecule has 0 radical (unpaired) electrons. The lowest BCUT2D eigenvalue weighted by Crippen LogP contribution is -2.30. The van der Waals surface area contributed by atoms with Crippen molar-refractivity contribution in [3.8, 4) is 0 Å². The molecule has 0 aliphatic carbocycles. The van der Waals surface area contributed by atoms with Crippen molar-refractivity contribution in [1.29, 1.82) is 0 Å². The molecule has 6 atom stereocenters. The number of aliphatic hydroxyl groups excluding tert-OH is 1. The highest BCUT2D eigenvalue weighted by molar-refractivity contribution is 7.47. The second kappa shape index (κ2) is 70.4. The summed E-state index contributed by atoms with van der Waals surface area (Å²) < 4.78 is 68.7. The maximum absolute atomic E-state index is 13.1. The number of hydrogen-bond donors (Lipinski definition) is 3. The number of aliphatic hydroxyl groups is 1. The molecule has 0 saturated carbocycles. The van der Waals surface area contributed by atoms with Crippen LogP contribution in [0, 0.1) is 17.8 Å². The maximum Gasteiger partial charge on any atom is 0.472 e. The van der Waals surface area contributed by atoms with Crippen molar-refractivity contribution in [2.24, 2.45) is 17.8 Å². The van der Waals surface area contributed by atoms with Gasteiger partial charge in [-0.05, 0) is 43.4 Å². The Labute approximate surface area is 607 Å². The average Bonchev–Trinajstić information content (AvgIpc) is 1.27. The van der Waals surface area contributed by atoms with Crippen LogP contribution in [0.25, 0.3) is 0 Å². The minimum Gasteiger partial charge on any atom is -0.462 e. The van der Waals surface area contributed by atoms with Crippen LogP contribution in [0.2, 0.25) is 0 Å². The number of phosphoric ester groups is 2. The van der Waals surface area contributed by atoms with E-state index in [2.05, 4.69) is 48.5 Å². The van der Waals surface area contributed by atoms with Crippen LogP contribution in [0.15, 0.2) is 0 Å². The fraction of sp³-hybridized carbons (Fsp3) is 0.950. The van der Waals surface area contributed by atoms with Crippen molar-refractivity contribution in [2.75, 3.05) is 39.6 Å². The number of carbonyl (C=O) groups excluding carboxylic acids is 4. The van der Waals surface area contributed by atoms with Crippen molar-refractivity contribution in [1.82, 2.24) is 0 Å². The van der Waals surface area contributed by atoms with Gasteiger partial charge in [0.05, 0.1) is 26.4 Å². The molecule has 0 spiro atoms. The Morgan fingerprint density at radius 2 is 0.515 bits per heavy atom. The molecule has 0 aliphatic rings. The Morgan fingerprint density at radius 3 is 0.768 bits per heavy atom. The third-order valence-corrected chi connectivity index (χ3v) is 20.9. The molecule has 0 bridgehead atoms. The van der Waals surface area contributed by atoms with Gasteiger partial charge in [0.1, 0.15) is 19.3 Å². The Kier molecular flexibility index (Phi) is 69.0. The molecule has 0 heterocycles. The molecule has 0 aliphatic heterocycles. The molecule has 588 valence electrons. The summed E-state index contributed by atoms with van der Waals surface area (Å²) in [5, 5.41) is 10.6. The van der Waals surface area contributed by atoms with E-state index in [0.717, 1.165) is 114 Å². The molecule has 0 aromatic carbocycles. The van der Waals surface area contributed by atoms with Crippen LogP contribution >= 0.6 is 15.6 Å². The smallest absolute Gasteiger partial charge is 0.462 e. The lowest BCUT2D eigenvalue weighted by atomic mass is 10.00. The van der Waals surface area contributed by atoms with Gasteiger partial charge in [0.15, 0.2) is 12.2 Å². The molecular weight excluding hydrogens is 1290 g/mol.